The highest BCUT2D eigenvalue weighted by Gasteiger charge is 2.30. The van der Waals surface area contributed by atoms with Gasteiger partial charge in [-0.25, -0.2) is 4.98 Å². The molecule has 0 saturated carbocycles. The van der Waals surface area contributed by atoms with Crippen molar-refractivity contribution in [2.45, 2.75) is 44.4 Å². The van der Waals surface area contributed by atoms with Crippen LogP contribution in [0.5, 0.6) is 0 Å². The van der Waals surface area contributed by atoms with Crippen molar-refractivity contribution in [3.05, 3.63) is 52.2 Å². The molecule has 0 aliphatic carbocycles. The molecule has 2 amide bonds. The van der Waals surface area contributed by atoms with Gasteiger partial charge in [0.05, 0.1) is 10.8 Å². The molecule has 26 heavy (non-hydrogen) atoms. The molecule has 1 aromatic carbocycles. The van der Waals surface area contributed by atoms with E-state index < -0.39 is 5.91 Å². The minimum atomic E-state index is -0.508. The maximum atomic E-state index is 13.0. The van der Waals surface area contributed by atoms with Gasteiger partial charge in [-0.2, -0.15) is 0 Å². The summed E-state index contributed by atoms with van der Waals surface area (Å²) in [5.74, 6) is -0.486. The summed E-state index contributed by atoms with van der Waals surface area (Å²) in [5.41, 5.74) is 10.8. The number of nitrogens with two attached hydrogens (primary N) is 1. The highest BCUT2D eigenvalue weighted by atomic mass is 32.2. The number of hydrogen-bond acceptors (Lipinski definition) is 4. The summed E-state index contributed by atoms with van der Waals surface area (Å²) < 4.78 is 0. The summed E-state index contributed by atoms with van der Waals surface area (Å²) >= 11 is 1.30. The lowest BCUT2D eigenvalue weighted by Gasteiger charge is -2.22. The standard InChI is InChI=1S/C20H23N3O2S/c1-11-12(2)17(18(21)24)19(22-13(11)3)26-14(4)20(25)23-10-9-15-7-5-6-8-16(15)23/h5-8,14H,9-10H2,1-4H3,(H2,21,24). The molecule has 0 spiro atoms. The van der Waals surface area contributed by atoms with E-state index in [1.807, 2.05) is 50.8 Å². The van der Waals surface area contributed by atoms with Crippen LogP contribution in [0.3, 0.4) is 0 Å². The van der Waals surface area contributed by atoms with Gasteiger partial charge in [-0.1, -0.05) is 30.0 Å². The second-order valence-electron chi connectivity index (χ2n) is 6.62. The van der Waals surface area contributed by atoms with Crippen LogP contribution in [0.1, 0.15) is 39.7 Å². The molecule has 2 aromatic rings. The van der Waals surface area contributed by atoms with Crippen molar-refractivity contribution in [1.29, 1.82) is 0 Å². The largest absolute Gasteiger partial charge is 0.366 e. The van der Waals surface area contributed by atoms with E-state index in [4.69, 9.17) is 5.73 Å². The van der Waals surface area contributed by atoms with Crippen molar-refractivity contribution < 1.29 is 9.59 Å². The first-order valence-electron chi connectivity index (χ1n) is 8.64. The summed E-state index contributed by atoms with van der Waals surface area (Å²) in [6, 6.07) is 7.97. The number of fused-ring (bicyclic) bond motifs is 1. The van der Waals surface area contributed by atoms with Gasteiger partial charge in [-0.3, -0.25) is 9.59 Å². The van der Waals surface area contributed by atoms with E-state index in [0.29, 0.717) is 17.1 Å². The minimum absolute atomic E-state index is 0.0213. The summed E-state index contributed by atoms with van der Waals surface area (Å²) in [7, 11) is 0. The van der Waals surface area contributed by atoms with E-state index in [1.165, 1.54) is 17.3 Å². The second kappa shape index (κ2) is 7.11. The van der Waals surface area contributed by atoms with Crippen LogP contribution in [0.15, 0.2) is 29.3 Å². The van der Waals surface area contributed by atoms with Crippen molar-refractivity contribution in [1.82, 2.24) is 4.98 Å². The Hall–Kier alpha value is -2.34. The fourth-order valence-corrected chi connectivity index (χ4v) is 4.42. The van der Waals surface area contributed by atoms with Crippen molar-refractivity contribution in [2.24, 2.45) is 5.73 Å². The molecule has 0 fully saturated rings. The Kier molecular flexibility index (Phi) is 5.05. The van der Waals surface area contributed by atoms with Crippen molar-refractivity contribution in [3.63, 3.8) is 0 Å². The lowest BCUT2D eigenvalue weighted by Crippen LogP contribution is -2.35. The van der Waals surface area contributed by atoms with Gasteiger partial charge in [0.15, 0.2) is 0 Å². The van der Waals surface area contributed by atoms with E-state index in [-0.39, 0.29) is 11.2 Å². The molecular formula is C20H23N3O2S. The van der Waals surface area contributed by atoms with Crippen molar-refractivity contribution in [3.8, 4) is 0 Å². The lowest BCUT2D eigenvalue weighted by molar-refractivity contribution is -0.117. The first kappa shape index (κ1) is 18.5. The number of amides is 2. The first-order chi connectivity index (χ1) is 12.3. The van der Waals surface area contributed by atoms with E-state index in [0.717, 1.165) is 28.9 Å². The molecule has 1 aromatic heterocycles. The van der Waals surface area contributed by atoms with Gasteiger partial charge >= 0.3 is 0 Å². The van der Waals surface area contributed by atoms with E-state index in [9.17, 15) is 9.59 Å². The van der Waals surface area contributed by atoms with Gasteiger partial charge in [0.1, 0.15) is 5.03 Å². The third-order valence-corrected chi connectivity index (χ3v) is 6.07. The highest BCUT2D eigenvalue weighted by Crippen LogP contribution is 2.33. The average Bonchev–Trinajstić information content (AvgIpc) is 3.02. The normalized spacial score (nSPS) is 14.2. The molecule has 0 bridgehead atoms. The third-order valence-electron chi connectivity index (χ3n) is 5.00. The molecule has 1 unspecified atom stereocenters. The molecule has 1 atom stereocenters. The van der Waals surface area contributed by atoms with Gasteiger partial charge in [0, 0.05) is 17.9 Å². The number of pyridine rings is 1. The number of aromatic nitrogens is 1. The smallest absolute Gasteiger partial charge is 0.251 e. The first-order valence-corrected chi connectivity index (χ1v) is 9.52. The van der Waals surface area contributed by atoms with Crippen LogP contribution in [-0.4, -0.2) is 28.6 Å². The third kappa shape index (κ3) is 3.21. The Balaban J connectivity index is 1.88. The molecule has 0 radical (unpaired) electrons. The minimum Gasteiger partial charge on any atom is -0.366 e. The summed E-state index contributed by atoms with van der Waals surface area (Å²) in [6.07, 6.45) is 0.868. The summed E-state index contributed by atoms with van der Waals surface area (Å²) in [5, 5.41) is 0.166. The molecule has 1 aliphatic rings. The Morgan fingerprint density at radius 3 is 2.58 bits per heavy atom. The zero-order valence-corrected chi connectivity index (χ0v) is 16.3. The number of thioether (sulfide) groups is 1. The zero-order chi connectivity index (χ0) is 19.0. The van der Waals surface area contributed by atoms with Crippen LogP contribution in [-0.2, 0) is 11.2 Å². The van der Waals surface area contributed by atoms with Crippen LogP contribution in [0, 0.1) is 20.8 Å². The molecule has 2 heterocycles. The Morgan fingerprint density at radius 2 is 1.88 bits per heavy atom. The quantitative estimate of drug-likeness (QED) is 0.840. The van der Waals surface area contributed by atoms with Crippen LogP contribution in [0.4, 0.5) is 5.69 Å². The number of primary amides is 1. The average molecular weight is 369 g/mol. The predicted octanol–water partition coefficient (Wildman–Crippen LogP) is 3.18. The Labute approximate surface area is 158 Å². The number of rotatable bonds is 4. The molecule has 136 valence electrons. The van der Waals surface area contributed by atoms with Gasteiger partial charge < -0.3 is 10.6 Å². The molecule has 5 nitrogen and oxygen atoms in total. The number of nitrogens with zero attached hydrogens (tertiary/aromatic N) is 2. The van der Waals surface area contributed by atoms with E-state index >= 15 is 0 Å². The van der Waals surface area contributed by atoms with E-state index in [2.05, 4.69) is 11.1 Å². The molecule has 1 aliphatic heterocycles. The number of benzene rings is 1. The van der Waals surface area contributed by atoms with Crippen LogP contribution in [0.25, 0.3) is 0 Å². The Morgan fingerprint density at radius 1 is 1.19 bits per heavy atom. The number of para-hydroxylation sites is 1. The van der Waals surface area contributed by atoms with Crippen LogP contribution >= 0.6 is 11.8 Å². The van der Waals surface area contributed by atoms with Crippen LogP contribution < -0.4 is 10.6 Å². The highest BCUT2D eigenvalue weighted by molar-refractivity contribution is 8.00. The number of hydrogen-bond donors (Lipinski definition) is 1. The second-order valence-corrected chi connectivity index (χ2v) is 7.95. The van der Waals surface area contributed by atoms with Crippen molar-refractivity contribution in [2.75, 3.05) is 11.4 Å². The topological polar surface area (TPSA) is 76.3 Å². The maximum absolute atomic E-state index is 13.0. The maximum Gasteiger partial charge on any atom is 0.251 e. The predicted molar refractivity (Wildman–Crippen MR) is 105 cm³/mol. The summed E-state index contributed by atoms with van der Waals surface area (Å²) in [6.45, 7) is 8.24. The molecular weight excluding hydrogens is 346 g/mol. The van der Waals surface area contributed by atoms with Gasteiger partial charge in [-0.15, -0.1) is 0 Å². The van der Waals surface area contributed by atoms with Gasteiger partial charge in [0.2, 0.25) is 5.91 Å². The Bertz CT molecular complexity index is 895. The van der Waals surface area contributed by atoms with Crippen molar-refractivity contribution >= 4 is 29.3 Å². The van der Waals surface area contributed by atoms with Gasteiger partial charge in [0.25, 0.3) is 5.91 Å². The number of carbonyl (C=O) groups is 2. The molecule has 2 N–H and O–H groups in total. The van der Waals surface area contributed by atoms with Crippen LogP contribution in [0.2, 0.25) is 0 Å². The SMILES string of the molecule is Cc1nc(SC(C)C(=O)N2CCc3ccccc32)c(C(N)=O)c(C)c1C. The molecule has 3 rings (SSSR count). The monoisotopic (exact) mass is 369 g/mol. The summed E-state index contributed by atoms with van der Waals surface area (Å²) in [4.78, 5) is 31.3. The fraction of sp³-hybridized carbons (Fsp3) is 0.350. The molecule has 0 saturated heterocycles. The zero-order valence-electron chi connectivity index (χ0n) is 15.5. The lowest BCUT2D eigenvalue weighted by atomic mass is 10.0. The number of anilines is 1. The molecule has 6 heteroatoms. The fourth-order valence-electron chi connectivity index (χ4n) is 3.29. The number of aryl methyl sites for hydroxylation is 1. The van der Waals surface area contributed by atoms with Gasteiger partial charge in [-0.05, 0) is 56.9 Å². The van der Waals surface area contributed by atoms with E-state index in [1.54, 1.807) is 0 Å². The number of carbonyl (C=O) groups excluding carboxylic acids is 2.